The number of nitrogens with zero attached hydrogens (tertiary/aromatic N) is 3. The van der Waals surface area contributed by atoms with Gasteiger partial charge in [-0.15, -0.1) is 24.0 Å². The minimum absolute atomic E-state index is 0. The van der Waals surface area contributed by atoms with Gasteiger partial charge in [0.2, 0.25) is 0 Å². The smallest absolute Gasteiger partial charge is 0.191 e. The van der Waals surface area contributed by atoms with Gasteiger partial charge in [0.25, 0.3) is 0 Å². The van der Waals surface area contributed by atoms with E-state index in [4.69, 9.17) is 0 Å². The molecule has 7 heteroatoms. The number of rotatable bonds is 6. The van der Waals surface area contributed by atoms with E-state index in [1.807, 2.05) is 37.7 Å². The first-order chi connectivity index (χ1) is 11.5. The van der Waals surface area contributed by atoms with E-state index in [0.717, 1.165) is 48.0 Å². The Bertz CT molecular complexity index is 694. The maximum atomic E-state index is 12.9. The predicted molar refractivity (Wildman–Crippen MR) is 111 cm³/mol. The van der Waals surface area contributed by atoms with Crippen LogP contribution in [0.25, 0.3) is 0 Å². The van der Waals surface area contributed by atoms with Crippen molar-refractivity contribution in [1.82, 2.24) is 20.4 Å². The van der Waals surface area contributed by atoms with Crippen LogP contribution in [0.4, 0.5) is 4.39 Å². The van der Waals surface area contributed by atoms with Crippen molar-refractivity contribution in [2.24, 2.45) is 12.0 Å². The molecular formula is C18H27FIN5. The Balaban J connectivity index is 0.00000312. The average Bonchev–Trinajstić information content (AvgIpc) is 2.80. The normalized spacial score (nSPS) is 11.2. The number of halogens is 2. The van der Waals surface area contributed by atoms with Gasteiger partial charge >= 0.3 is 0 Å². The summed E-state index contributed by atoms with van der Waals surface area (Å²) in [5, 5.41) is 11.0. The van der Waals surface area contributed by atoms with Gasteiger partial charge in [-0.2, -0.15) is 5.10 Å². The molecule has 0 fully saturated rings. The van der Waals surface area contributed by atoms with E-state index in [9.17, 15) is 4.39 Å². The van der Waals surface area contributed by atoms with Crippen LogP contribution >= 0.6 is 24.0 Å². The van der Waals surface area contributed by atoms with Crippen LogP contribution in [0.3, 0.4) is 0 Å². The predicted octanol–water partition coefficient (Wildman–Crippen LogP) is 3.09. The van der Waals surface area contributed by atoms with Gasteiger partial charge in [-0.1, -0.05) is 12.1 Å². The average molecular weight is 459 g/mol. The Labute approximate surface area is 166 Å². The largest absolute Gasteiger partial charge is 0.357 e. The number of aromatic nitrogens is 2. The van der Waals surface area contributed by atoms with Crippen molar-refractivity contribution in [3.05, 3.63) is 52.6 Å². The summed E-state index contributed by atoms with van der Waals surface area (Å²) in [4.78, 5) is 4.65. The highest BCUT2D eigenvalue weighted by atomic mass is 127. The Morgan fingerprint density at radius 3 is 2.44 bits per heavy atom. The fraction of sp³-hybridized carbons (Fsp3) is 0.444. The summed E-state index contributed by atoms with van der Waals surface area (Å²) in [5.74, 6) is 0.575. The fourth-order valence-corrected chi connectivity index (χ4v) is 2.52. The molecule has 0 spiro atoms. The molecular weight excluding hydrogens is 432 g/mol. The first-order valence-corrected chi connectivity index (χ1v) is 8.27. The SMILES string of the molecule is CCNC(=NCc1c(C)nn(C)c1C)NCCc1ccc(F)cc1.I. The lowest BCUT2D eigenvalue weighted by atomic mass is 10.1. The van der Waals surface area contributed by atoms with Crippen LogP contribution in [-0.4, -0.2) is 28.8 Å². The summed E-state index contributed by atoms with van der Waals surface area (Å²) in [6.07, 6.45) is 0.815. The number of benzene rings is 1. The molecule has 0 bridgehead atoms. The molecule has 0 unspecified atom stereocenters. The number of hydrogen-bond acceptors (Lipinski definition) is 2. The molecule has 0 saturated heterocycles. The van der Waals surface area contributed by atoms with Crippen LogP contribution < -0.4 is 10.6 Å². The lowest BCUT2D eigenvalue weighted by Crippen LogP contribution is -2.38. The lowest BCUT2D eigenvalue weighted by Gasteiger charge is -2.11. The first-order valence-electron chi connectivity index (χ1n) is 8.27. The van der Waals surface area contributed by atoms with Gasteiger partial charge in [0.15, 0.2) is 5.96 Å². The summed E-state index contributed by atoms with van der Waals surface area (Å²) in [5.41, 5.74) is 4.41. The van der Waals surface area contributed by atoms with Gasteiger partial charge in [0, 0.05) is 31.4 Å². The van der Waals surface area contributed by atoms with Crippen LogP contribution in [0.15, 0.2) is 29.3 Å². The van der Waals surface area contributed by atoms with E-state index >= 15 is 0 Å². The Morgan fingerprint density at radius 2 is 1.88 bits per heavy atom. The van der Waals surface area contributed by atoms with E-state index in [-0.39, 0.29) is 29.8 Å². The number of hydrogen-bond donors (Lipinski definition) is 2. The Hall–Kier alpha value is -1.64. The number of nitrogens with one attached hydrogen (secondary N) is 2. The van der Waals surface area contributed by atoms with E-state index in [1.165, 1.54) is 12.1 Å². The molecule has 138 valence electrons. The molecule has 0 aliphatic heterocycles. The van der Waals surface area contributed by atoms with Crippen LogP contribution in [0.2, 0.25) is 0 Å². The molecule has 5 nitrogen and oxygen atoms in total. The molecule has 0 aliphatic rings. The summed E-state index contributed by atoms with van der Waals surface area (Å²) in [6, 6.07) is 6.60. The molecule has 2 rings (SSSR count). The Kier molecular flexibility index (Phi) is 8.88. The number of guanidine groups is 1. The lowest BCUT2D eigenvalue weighted by molar-refractivity contribution is 0.626. The van der Waals surface area contributed by atoms with Crippen LogP contribution in [0.5, 0.6) is 0 Å². The van der Waals surface area contributed by atoms with Gasteiger partial charge in [0.05, 0.1) is 12.2 Å². The van der Waals surface area contributed by atoms with Gasteiger partial charge in [-0.25, -0.2) is 9.38 Å². The molecule has 0 radical (unpaired) electrons. The van der Waals surface area contributed by atoms with Crippen molar-refractivity contribution in [1.29, 1.82) is 0 Å². The second kappa shape index (κ2) is 10.4. The highest BCUT2D eigenvalue weighted by Crippen LogP contribution is 2.12. The molecule has 0 saturated carbocycles. The van der Waals surface area contributed by atoms with E-state index in [2.05, 4.69) is 27.6 Å². The third-order valence-electron chi connectivity index (χ3n) is 4.02. The van der Waals surface area contributed by atoms with Gasteiger partial charge in [-0.3, -0.25) is 4.68 Å². The second-order valence-corrected chi connectivity index (χ2v) is 5.77. The third-order valence-corrected chi connectivity index (χ3v) is 4.02. The zero-order chi connectivity index (χ0) is 17.5. The molecule has 0 amide bonds. The molecule has 0 atom stereocenters. The van der Waals surface area contributed by atoms with Crippen LogP contribution in [0, 0.1) is 19.7 Å². The summed E-state index contributed by atoms with van der Waals surface area (Å²) in [6.45, 7) is 8.23. The summed E-state index contributed by atoms with van der Waals surface area (Å²) >= 11 is 0. The zero-order valence-electron chi connectivity index (χ0n) is 15.3. The van der Waals surface area contributed by atoms with E-state index < -0.39 is 0 Å². The molecule has 1 heterocycles. The topological polar surface area (TPSA) is 54.2 Å². The van der Waals surface area contributed by atoms with Crippen molar-refractivity contribution >= 4 is 29.9 Å². The molecule has 25 heavy (non-hydrogen) atoms. The molecule has 1 aromatic carbocycles. The summed E-state index contributed by atoms with van der Waals surface area (Å²) in [7, 11) is 1.95. The standard InChI is InChI=1S/C18H26FN5.HI/c1-5-20-18(21-11-10-15-6-8-16(19)9-7-15)22-12-17-13(2)23-24(4)14(17)3;/h6-9H,5,10-12H2,1-4H3,(H2,20,21,22);1H. The van der Waals surface area contributed by atoms with Crippen LogP contribution in [-0.2, 0) is 20.0 Å². The second-order valence-electron chi connectivity index (χ2n) is 5.77. The fourth-order valence-electron chi connectivity index (χ4n) is 2.52. The van der Waals surface area contributed by atoms with Crippen molar-refractivity contribution in [2.45, 2.75) is 33.7 Å². The molecule has 0 aliphatic carbocycles. The van der Waals surface area contributed by atoms with Gasteiger partial charge in [-0.05, 0) is 44.9 Å². The first kappa shape index (κ1) is 21.4. The third kappa shape index (κ3) is 6.30. The van der Waals surface area contributed by atoms with E-state index in [1.54, 1.807) is 0 Å². The van der Waals surface area contributed by atoms with Crippen molar-refractivity contribution in [2.75, 3.05) is 13.1 Å². The molecule has 2 aromatic rings. The quantitative estimate of drug-likeness (QED) is 0.397. The maximum Gasteiger partial charge on any atom is 0.191 e. The van der Waals surface area contributed by atoms with Crippen LogP contribution in [0.1, 0.15) is 29.4 Å². The minimum Gasteiger partial charge on any atom is -0.357 e. The monoisotopic (exact) mass is 459 g/mol. The molecule has 2 N–H and O–H groups in total. The highest BCUT2D eigenvalue weighted by Gasteiger charge is 2.08. The van der Waals surface area contributed by atoms with Gasteiger partial charge < -0.3 is 10.6 Å². The maximum absolute atomic E-state index is 12.9. The van der Waals surface area contributed by atoms with Gasteiger partial charge in [0.1, 0.15) is 5.82 Å². The number of aliphatic imine (C=N–C) groups is 1. The van der Waals surface area contributed by atoms with Crippen molar-refractivity contribution in [3.63, 3.8) is 0 Å². The summed E-state index contributed by atoms with van der Waals surface area (Å²) < 4.78 is 14.8. The Morgan fingerprint density at radius 1 is 1.20 bits per heavy atom. The van der Waals surface area contributed by atoms with Crippen molar-refractivity contribution in [3.8, 4) is 0 Å². The minimum atomic E-state index is -0.205. The zero-order valence-corrected chi connectivity index (χ0v) is 17.6. The van der Waals surface area contributed by atoms with E-state index in [0.29, 0.717) is 6.54 Å². The highest BCUT2D eigenvalue weighted by molar-refractivity contribution is 14.0. The molecule has 1 aromatic heterocycles. The van der Waals surface area contributed by atoms with Crippen molar-refractivity contribution < 1.29 is 4.39 Å². The number of aryl methyl sites for hydroxylation is 2.